The highest BCUT2D eigenvalue weighted by Gasteiger charge is 2.48. The Bertz CT molecular complexity index is 918. The molecule has 154 valence electrons. The molecular weight excluding hydrogens is 370 g/mol. The van der Waals surface area contributed by atoms with E-state index < -0.39 is 17.0 Å². The van der Waals surface area contributed by atoms with Gasteiger partial charge in [0.15, 0.2) is 5.82 Å². The highest BCUT2D eigenvalue weighted by molar-refractivity contribution is 5.87. The molecule has 0 amide bonds. The molecule has 1 saturated carbocycles. The van der Waals surface area contributed by atoms with Gasteiger partial charge in [0.1, 0.15) is 16.8 Å². The fraction of sp³-hybridized carbons (Fsp3) is 0.455. The summed E-state index contributed by atoms with van der Waals surface area (Å²) >= 11 is 0. The molecule has 3 rings (SSSR count). The first kappa shape index (κ1) is 20.8. The van der Waals surface area contributed by atoms with Gasteiger partial charge in [0.25, 0.3) is 0 Å². The zero-order valence-corrected chi connectivity index (χ0v) is 17.3. The van der Waals surface area contributed by atoms with E-state index in [1.165, 1.54) is 13.2 Å². The third kappa shape index (κ3) is 4.72. The first-order valence-electron chi connectivity index (χ1n) is 9.76. The molecule has 0 atom stereocenters. The molecule has 0 radical (unpaired) electrons. The number of benzene rings is 1. The van der Waals surface area contributed by atoms with Crippen LogP contribution in [-0.4, -0.2) is 39.8 Å². The SMILES string of the molecule is COC(=O)C=Cc1cccc(-c2n[nH]c(C3(C(=O)OC(C)(C)C)CCCC3)n2)c1. The van der Waals surface area contributed by atoms with Crippen molar-refractivity contribution in [3.8, 4) is 11.4 Å². The average Bonchev–Trinajstić information content (AvgIpc) is 3.35. The summed E-state index contributed by atoms with van der Waals surface area (Å²) in [6, 6.07) is 7.50. The number of H-pyrrole nitrogens is 1. The predicted molar refractivity (Wildman–Crippen MR) is 109 cm³/mol. The van der Waals surface area contributed by atoms with Crippen molar-refractivity contribution in [3.63, 3.8) is 0 Å². The van der Waals surface area contributed by atoms with Gasteiger partial charge < -0.3 is 9.47 Å². The van der Waals surface area contributed by atoms with Crippen LogP contribution in [0.2, 0.25) is 0 Å². The highest BCUT2D eigenvalue weighted by Crippen LogP contribution is 2.41. The summed E-state index contributed by atoms with van der Waals surface area (Å²) in [5, 5.41) is 7.33. The predicted octanol–water partition coefficient (Wildman–Crippen LogP) is 3.81. The molecule has 7 nitrogen and oxygen atoms in total. The Hall–Kier alpha value is -2.96. The largest absolute Gasteiger partial charge is 0.466 e. The minimum absolute atomic E-state index is 0.250. The number of carbonyl (C=O) groups is 2. The Balaban J connectivity index is 1.89. The lowest BCUT2D eigenvalue weighted by molar-refractivity contribution is -0.162. The molecule has 1 fully saturated rings. The average molecular weight is 397 g/mol. The van der Waals surface area contributed by atoms with E-state index in [-0.39, 0.29) is 5.97 Å². The van der Waals surface area contributed by atoms with Crippen molar-refractivity contribution < 1.29 is 19.1 Å². The van der Waals surface area contributed by atoms with Gasteiger partial charge in [-0.3, -0.25) is 9.89 Å². The van der Waals surface area contributed by atoms with Crippen LogP contribution in [0.1, 0.15) is 57.8 Å². The van der Waals surface area contributed by atoms with Crippen molar-refractivity contribution in [2.75, 3.05) is 7.11 Å². The third-order valence-electron chi connectivity index (χ3n) is 4.94. The number of nitrogens with one attached hydrogen (secondary N) is 1. The number of hydrogen-bond acceptors (Lipinski definition) is 6. The molecule has 0 aliphatic heterocycles. The molecule has 7 heteroatoms. The second-order valence-electron chi connectivity index (χ2n) is 8.28. The van der Waals surface area contributed by atoms with E-state index in [1.54, 1.807) is 6.08 Å². The second-order valence-corrected chi connectivity index (χ2v) is 8.28. The molecule has 1 aromatic heterocycles. The summed E-state index contributed by atoms with van der Waals surface area (Å²) in [4.78, 5) is 29.0. The van der Waals surface area contributed by atoms with E-state index in [2.05, 4.69) is 19.9 Å². The Morgan fingerprint density at radius 2 is 1.93 bits per heavy atom. The zero-order valence-electron chi connectivity index (χ0n) is 17.3. The van der Waals surface area contributed by atoms with Gasteiger partial charge in [-0.2, -0.15) is 5.10 Å². The van der Waals surface area contributed by atoms with Crippen molar-refractivity contribution in [1.29, 1.82) is 0 Å². The molecule has 1 aliphatic rings. The Kier molecular flexibility index (Phi) is 5.86. The standard InChI is InChI=1S/C22H27N3O4/c1-21(2,3)29-20(27)22(12-5-6-13-22)19-23-18(24-25-19)16-9-7-8-15(14-16)10-11-17(26)28-4/h7-11,14H,5-6,12-13H2,1-4H3,(H,23,24,25). The van der Waals surface area contributed by atoms with Crippen molar-refractivity contribution >= 4 is 18.0 Å². The van der Waals surface area contributed by atoms with Crippen molar-refractivity contribution in [2.24, 2.45) is 0 Å². The van der Waals surface area contributed by atoms with Gasteiger partial charge in [0, 0.05) is 11.6 Å². The first-order chi connectivity index (χ1) is 13.7. The number of aromatic nitrogens is 3. The molecule has 1 N–H and O–H groups in total. The van der Waals surface area contributed by atoms with E-state index in [1.807, 2.05) is 45.0 Å². The van der Waals surface area contributed by atoms with E-state index >= 15 is 0 Å². The lowest BCUT2D eigenvalue weighted by atomic mass is 9.85. The van der Waals surface area contributed by atoms with Crippen molar-refractivity contribution in [2.45, 2.75) is 57.5 Å². The van der Waals surface area contributed by atoms with Crippen LogP contribution < -0.4 is 0 Å². The van der Waals surface area contributed by atoms with Gasteiger partial charge in [-0.15, -0.1) is 0 Å². The van der Waals surface area contributed by atoms with Crippen molar-refractivity contribution in [3.05, 3.63) is 41.7 Å². The zero-order chi connectivity index (χ0) is 21.1. The lowest BCUT2D eigenvalue weighted by Gasteiger charge is -2.29. The minimum Gasteiger partial charge on any atom is -0.466 e. The van der Waals surface area contributed by atoms with E-state index in [4.69, 9.17) is 4.74 Å². The maximum atomic E-state index is 13.0. The summed E-state index contributed by atoms with van der Waals surface area (Å²) in [6.45, 7) is 5.60. The maximum absolute atomic E-state index is 13.0. The second kappa shape index (κ2) is 8.19. The minimum atomic E-state index is -0.777. The number of carbonyl (C=O) groups excluding carboxylic acids is 2. The third-order valence-corrected chi connectivity index (χ3v) is 4.94. The number of methoxy groups -OCH3 is 1. The molecular formula is C22H27N3O4. The summed E-state index contributed by atoms with van der Waals surface area (Å²) in [6.07, 6.45) is 6.31. The van der Waals surface area contributed by atoms with Crippen LogP contribution in [0.15, 0.2) is 30.3 Å². The number of rotatable bonds is 5. The first-order valence-corrected chi connectivity index (χ1v) is 9.76. The van der Waals surface area contributed by atoms with E-state index in [9.17, 15) is 9.59 Å². The molecule has 1 heterocycles. The van der Waals surface area contributed by atoms with Gasteiger partial charge in [-0.05, 0) is 51.3 Å². The van der Waals surface area contributed by atoms with Gasteiger partial charge in [-0.25, -0.2) is 9.78 Å². The molecule has 1 aliphatic carbocycles. The maximum Gasteiger partial charge on any atom is 0.330 e. The van der Waals surface area contributed by atoms with Crippen LogP contribution >= 0.6 is 0 Å². The molecule has 0 unspecified atom stereocenters. The number of hydrogen-bond donors (Lipinski definition) is 1. The Morgan fingerprint density at radius 3 is 2.59 bits per heavy atom. The van der Waals surface area contributed by atoms with Crippen LogP contribution in [0, 0.1) is 0 Å². The molecule has 29 heavy (non-hydrogen) atoms. The van der Waals surface area contributed by atoms with Gasteiger partial charge in [0.05, 0.1) is 7.11 Å². The molecule has 0 spiro atoms. The lowest BCUT2D eigenvalue weighted by Crippen LogP contribution is -2.40. The molecule has 0 saturated heterocycles. The number of esters is 2. The summed E-state index contributed by atoms with van der Waals surface area (Å²) in [5.41, 5.74) is 0.273. The fourth-order valence-electron chi connectivity index (χ4n) is 3.51. The number of nitrogens with zero attached hydrogens (tertiary/aromatic N) is 2. The number of ether oxygens (including phenoxy) is 2. The van der Waals surface area contributed by atoms with Gasteiger partial charge in [0.2, 0.25) is 0 Å². The Morgan fingerprint density at radius 1 is 1.21 bits per heavy atom. The summed E-state index contributed by atoms with van der Waals surface area (Å²) in [5.74, 6) is 0.383. The van der Waals surface area contributed by atoms with E-state index in [0.717, 1.165) is 24.0 Å². The summed E-state index contributed by atoms with van der Waals surface area (Å²) < 4.78 is 10.3. The van der Waals surface area contributed by atoms with Gasteiger partial charge in [-0.1, -0.05) is 31.0 Å². The van der Waals surface area contributed by atoms with E-state index in [0.29, 0.717) is 24.5 Å². The van der Waals surface area contributed by atoms with Crippen LogP contribution in [0.25, 0.3) is 17.5 Å². The quantitative estimate of drug-likeness (QED) is 0.609. The molecule has 2 aromatic rings. The van der Waals surface area contributed by atoms with Crippen LogP contribution in [0.3, 0.4) is 0 Å². The fourth-order valence-corrected chi connectivity index (χ4v) is 3.51. The molecule has 0 bridgehead atoms. The normalized spacial score (nSPS) is 16.1. The van der Waals surface area contributed by atoms with Crippen LogP contribution in [-0.2, 0) is 24.5 Å². The topological polar surface area (TPSA) is 94.2 Å². The van der Waals surface area contributed by atoms with Crippen LogP contribution in [0.5, 0.6) is 0 Å². The summed E-state index contributed by atoms with van der Waals surface area (Å²) in [7, 11) is 1.34. The monoisotopic (exact) mass is 397 g/mol. The number of aromatic amines is 1. The van der Waals surface area contributed by atoms with Crippen molar-refractivity contribution in [1.82, 2.24) is 15.2 Å². The van der Waals surface area contributed by atoms with Crippen LogP contribution in [0.4, 0.5) is 0 Å². The molecule has 1 aromatic carbocycles. The highest BCUT2D eigenvalue weighted by atomic mass is 16.6. The Labute approximate surface area is 170 Å². The smallest absolute Gasteiger partial charge is 0.330 e. The van der Waals surface area contributed by atoms with Gasteiger partial charge >= 0.3 is 11.9 Å².